The van der Waals surface area contributed by atoms with Crippen LogP contribution in [-0.2, 0) is 13.6 Å². The minimum atomic E-state index is 0.470. The molecule has 0 aromatic carbocycles. The maximum absolute atomic E-state index is 4.59. The molecular weight excluding hydrogens is 306 g/mol. The average molecular weight is 334 g/mol. The molecular formula is C17H27N5S. The lowest BCUT2D eigenvalue weighted by molar-refractivity contribution is 0.0923. The second-order valence-corrected chi connectivity index (χ2v) is 7.89. The number of aryl methyl sites for hydroxylation is 2. The van der Waals surface area contributed by atoms with E-state index in [-0.39, 0.29) is 0 Å². The lowest BCUT2D eigenvalue weighted by Gasteiger charge is -2.40. The van der Waals surface area contributed by atoms with E-state index in [1.165, 1.54) is 30.6 Å². The highest BCUT2D eigenvalue weighted by Gasteiger charge is 2.32. The molecule has 0 amide bonds. The van der Waals surface area contributed by atoms with E-state index in [2.05, 4.69) is 52.5 Å². The van der Waals surface area contributed by atoms with Gasteiger partial charge in [-0.15, -0.1) is 11.3 Å². The van der Waals surface area contributed by atoms with Crippen LogP contribution in [0.25, 0.3) is 0 Å². The second kappa shape index (κ2) is 7.11. The van der Waals surface area contributed by atoms with Crippen LogP contribution in [0.5, 0.6) is 0 Å². The first kappa shape index (κ1) is 16.6. The molecule has 1 fully saturated rings. The molecule has 5 nitrogen and oxygen atoms in total. The van der Waals surface area contributed by atoms with Crippen molar-refractivity contribution in [2.45, 2.75) is 32.4 Å². The van der Waals surface area contributed by atoms with Crippen molar-refractivity contribution in [2.24, 2.45) is 13.0 Å². The summed E-state index contributed by atoms with van der Waals surface area (Å²) in [5.41, 5.74) is 2.54. The van der Waals surface area contributed by atoms with Gasteiger partial charge in [-0.3, -0.25) is 9.58 Å². The van der Waals surface area contributed by atoms with Crippen molar-refractivity contribution in [3.05, 3.63) is 34.0 Å². The topological polar surface area (TPSA) is 37.2 Å². The van der Waals surface area contributed by atoms with Gasteiger partial charge in [0, 0.05) is 43.3 Å². The van der Waals surface area contributed by atoms with Gasteiger partial charge in [0.2, 0.25) is 0 Å². The molecule has 0 spiro atoms. The first-order valence-electron chi connectivity index (χ1n) is 8.31. The molecule has 1 aliphatic heterocycles. The van der Waals surface area contributed by atoms with E-state index < -0.39 is 0 Å². The summed E-state index contributed by atoms with van der Waals surface area (Å²) in [6.45, 7) is 5.28. The zero-order valence-corrected chi connectivity index (χ0v) is 15.4. The molecule has 1 aliphatic rings. The average Bonchev–Trinajstić information content (AvgIpc) is 3.08. The van der Waals surface area contributed by atoms with Gasteiger partial charge in [0.15, 0.2) is 0 Å². The Morgan fingerprint density at radius 3 is 2.87 bits per heavy atom. The Bertz CT molecular complexity index is 634. The summed E-state index contributed by atoms with van der Waals surface area (Å²) < 4.78 is 1.91. The largest absolute Gasteiger partial charge is 0.300 e. The normalized spacial score (nSPS) is 22.8. The molecule has 2 aromatic heterocycles. The van der Waals surface area contributed by atoms with Gasteiger partial charge >= 0.3 is 0 Å². The lowest BCUT2D eigenvalue weighted by Crippen LogP contribution is -2.40. The Hall–Kier alpha value is -1.24. The van der Waals surface area contributed by atoms with Crippen LogP contribution in [0.2, 0.25) is 0 Å². The van der Waals surface area contributed by atoms with Gasteiger partial charge in [0.05, 0.1) is 16.9 Å². The van der Waals surface area contributed by atoms with Crippen molar-refractivity contribution in [3.8, 4) is 0 Å². The standard InChI is InChI=1S/C17H27N5S/c1-13-19-16(12-23-13)11-20(2)9-14-6-5-7-21(3)17(14)15-8-18-22(4)10-15/h8,10,12,14,17H,5-7,9,11H2,1-4H3/t14-,17+/m0/s1. The monoisotopic (exact) mass is 333 g/mol. The molecule has 0 radical (unpaired) electrons. The van der Waals surface area contributed by atoms with Crippen molar-refractivity contribution >= 4 is 11.3 Å². The first-order chi connectivity index (χ1) is 11.0. The van der Waals surface area contributed by atoms with Crippen LogP contribution < -0.4 is 0 Å². The predicted molar refractivity (Wildman–Crippen MR) is 94.5 cm³/mol. The van der Waals surface area contributed by atoms with E-state index in [9.17, 15) is 0 Å². The van der Waals surface area contributed by atoms with Crippen molar-refractivity contribution in [3.63, 3.8) is 0 Å². The molecule has 3 heterocycles. The van der Waals surface area contributed by atoms with E-state index in [4.69, 9.17) is 0 Å². The summed E-state index contributed by atoms with van der Waals surface area (Å²) in [6.07, 6.45) is 6.76. The third-order valence-electron chi connectivity index (χ3n) is 4.72. The summed E-state index contributed by atoms with van der Waals surface area (Å²) in [5.74, 6) is 0.641. The molecule has 2 atom stereocenters. The van der Waals surface area contributed by atoms with Gasteiger partial charge in [-0.2, -0.15) is 5.10 Å². The highest BCUT2D eigenvalue weighted by atomic mass is 32.1. The van der Waals surface area contributed by atoms with Gasteiger partial charge in [-0.05, 0) is 46.3 Å². The predicted octanol–water partition coefficient (Wildman–Crippen LogP) is 2.70. The minimum absolute atomic E-state index is 0.470. The van der Waals surface area contributed by atoms with Crippen molar-refractivity contribution in [1.82, 2.24) is 24.6 Å². The Balaban J connectivity index is 1.68. The number of nitrogens with zero attached hydrogens (tertiary/aromatic N) is 5. The fourth-order valence-corrected chi connectivity index (χ4v) is 4.40. The fourth-order valence-electron chi connectivity index (χ4n) is 3.79. The molecule has 3 rings (SSSR count). The van der Waals surface area contributed by atoms with E-state index in [1.807, 2.05) is 17.9 Å². The number of hydrogen-bond donors (Lipinski definition) is 0. The third-order valence-corrected chi connectivity index (χ3v) is 5.54. The van der Waals surface area contributed by atoms with Crippen LogP contribution >= 0.6 is 11.3 Å². The zero-order valence-electron chi connectivity index (χ0n) is 14.6. The second-order valence-electron chi connectivity index (χ2n) is 6.83. The van der Waals surface area contributed by atoms with Gasteiger partial charge in [-0.25, -0.2) is 4.98 Å². The number of rotatable bonds is 5. The van der Waals surface area contributed by atoms with E-state index in [0.29, 0.717) is 12.0 Å². The van der Waals surface area contributed by atoms with Crippen molar-refractivity contribution in [1.29, 1.82) is 0 Å². The van der Waals surface area contributed by atoms with Crippen LogP contribution in [0.3, 0.4) is 0 Å². The summed E-state index contributed by atoms with van der Waals surface area (Å²) in [4.78, 5) is 9.50. The van der Waals surface area contributed by atoms with Gasteiger partial charge in [0.25, 0.3) is 0 Å². The number of piperidine rings is 1. The maximum Gasteiger partial charge on any atom is 0.0897 e. The van der Waals surface area contributed by atoms with Crippen LogP contribution in [0.4, 0.5) is 0 Å². The van der Waals surface area contributed by atoms with Crippen LogP contribution in [-0.4, -0.2) is 51.7 Å². The Morgan fingerprint density at radius 2 is 2.22 bits per heavy atom. The van der Waals surface area contributed by atoms with Gasteiger partial charge in [0.1, 0.15) is 0 Å². The third kappa shape index (κ3) is 4.00. The van der Waals surface area contributed by atoms with Crippen LogP contribution in [0.15, 0.2) is 17.8 Å². The Morgan fingerprint density at radius 1 is 1.39 bits per heavy atom. The lowest BCUT2D eigenvalue weighted by atomic mass is 9.86. The summed E-state index contributed by atoms with van der Waals surface area (Å²) in [7, 11) is 6.45. The van der Waals surface area contributed by atoms with E-state index >= 15 is 0 Å². The van der Waals surface area contributed by atoms with Crippen molar-refractivity contribution in [2.75, 3.05) is 27.2 Å². The molecule has 23 heavy (non-hydrogen) atoms. The minimum Gasteiger partial charge on any atom is -0.300 e. The highest BCUT2D eigenvalue weighted by Crippen LogP contribution is 2.35. The van der Waals surface area contributed by atoms with Gasteiger partial charge in [-0.1, -0.05) is 0 Å². The molecule has 0 bridgehead atoms. The molecule has 0 saturated carbocycles. The van der Waals surface area contributed by atoms with Crippen molar-refractivity contribution < 1.29 is 0 Å². The van der Waals surface area contributed by atoms with Gasteiger partial charge < -0.3 is 4.90 Å². The number of thiazole rings is 1. The Kier molecular flexibility index (Phi) is 5.14. The smallest absolute Gasteiger partial charge is 0.0897 e. The molecule has 1 saturated heterocycles. The quantitative estimate of drug-likeness (QED) is 0.843. The summed E-state index contributed by atoms with van der Waals surface area (Å²) >= 11 is 1.74. The van der Waals surface area contributed by atoms with E-state index in [1.54, 1.807) is 11.3 Å². The fraction of sp³-hybridized carbons (Fsp3) is 0.647. The summed E-state index contributed by atoms with van der Waals surface area (Å²) in [5, 5.41) is 7.71. The SMILES string of the molecule is Cc1nc(CN(C)C[C@@H]2CCCN(C)[C@H]2c2cnn(C)c2)cs1. The molecule has 126 valence electrons. The first-order valence-corrected chi connectivity index (χ1v) is 9.19. The molecule has 0 aliphatic carbocycles. The molecule has 6 heteroatoms. The van der Waals surface area contributed by atoms with Crippen LogP contribution in [0.1, 0.15) is 35.1 Å². The van der Waals surface area contributed by atoms with E-state index in [0.717, 1.165) is 18.1 Å². The molecule has 0 unspecified atom stereocenters. The highest BCUT2D eigenvalue weighted by molar-refractivity contribution is 7.09. The maximum atomic E-state index is 4.59. The summed E-state index contributed by atoms with van der Waals surface area (Å²) in [6, 6.07) is 0.470. The van der Waals surface area contributed by atoms with Crippen LogP contribution in [0, 0.1) is 12.8 Å². The molecule has 0 N–H and O–H groups in total. The Labute approximate surface area is 142 Å². The molecule has 2 aromatic rings. The number of likely N-dealkylation sites (tertiary alicyclic amines) is 1. The number of aromatic nitrogens is 3. The number of hydrogen-bond acceptors (Lipinski definition) is 5. The zero-order chi connectivity index (χ0) is 16.4.